The van der Waals surface area contributed by atoms with Gasteiger partial charge in [0.15, 0.2) is 0 Å². The van der Waals surface area contributed by atoms with E-state index in [1.807, 2.05) is 6.08 Å². The van der Waals surface area contributed by atoms with Crippen LogP contribution in [0.2, 0.25) is 0 Å². The number of hydrogen-bond donors (Lipinski definition) is 1. The Morgan fingerprint density at radius 3 is 2.11 bits per heavy atom. The molecule has 0 aliphatic rings. The maximum Gasteiger partial charge on any atom is 0.0612 e. The highest BCUT2D eigenvalue weighted by Gasteiger charge is 2.05. The Labute approximate surface area is 57.4 Å². The molecule has 54 valence electrons. The minimum atomic E-state index is 0.163. The van der Waals surface area contributed by atoms with Crippen LogP contribution in [0.1, 0.15) is 27.2 Å². The van der Waals surface area contributed by atoms with Crippen molar-refractivity contribution < 1.29 is 5.11 Å². The Hall–Kier alpha value is -0.300. The van der Waals surface area contributed by atoms with E-state index in [4.69, 9.17) is 5.11 Å². The highest BCUT2D eigenvalue weighted by atomic mass is 16.2. The van der Waals surface area contributed by atoms with E-state index in [1.165, 1.54) is 0 Å². The van der Waals surface area contributed by atoms with Crippen LogP contribution in [0.5, 0.6) is 0 Å². The molecule has 1 nitrogen and oxygen atoms in total. The first-order chi connectivity index (χ1) is 4.06. The van der Waals surface area contributed by atoms with Crippen LogP contribution in [0.15, 0.2) is 12.2 Å². The third kappa shape index (κ3) is 7.70. The lowest BCUT2D eigenvalue weighted by molar-refractivity contribution is 0.341. The van der Waals surface area contributed by atoms with E-state index in [9.17, 15) is 0 Å². The second-order valence-corrected chi connectivity index (χ2v) is 3.42. The van der Waals surface area contributed by atoms with Gasteiger partial charge in [0.25, 0.3) is 0 Å². The Morgan fingerprint density at radius 1 is 1.22 bits per heavy atom. The van der Waals surface area contributed by atoms with Crippen LogP contribution in [0.3, 0.4) is 0 Å². The lowest BCUT2D eigenvalue weighted by Gasteiger charge is -2.14. The quantitative estimate of drug-likeness (QED) is 0.564. The largest absolute Gasteiger partial charge is 0.392 e. The number of rotatable bonds is 2. The van der Waals surface area contributed by atoms with Crippen molar-refractivity contribution in [1.82, 2.24) is 0 Å². The molecule has 1 N–H and O–H groups in total. The third-order valence-electron chi connectivity index (χ3n) is 1.00. The minimum Gasteiger partial charge on any atom is -0.392 e. The number of allylic oxidation sites excluding steroid dienone is 1. The van der Waals surface area contributed by atoms with Crippen LogP contribution in [-0.4, -0.2) is 11.7 Å². The van der Waals surface area contributed by atoms with Crippen LogP contribution < -0.4 is 0 Å². The molecule has 0 atom stereocenters. The van der Waals surface area contributed by atoms with E-state index in [0.717, 1.165) is 6.42 Å². The van der Waals surface area contributed by atoms with E-state index < -0.39 is 0 Å². The number of aliphatic hydroxyl groups is 1. The fourth-order valence-electron chi connectivity index (χ4n) is 0.511. The summed E-state index contributed by atoms with van der Waals surface area (Å²) in [5.41, 5.74) is 0.353. The fourth-order valence-corrected chi connectivity index (χ4v) is 0.511. The zero-order valence-electron chi connectivity index (χ0n) is 6.52. The smallest absolute Gasteiger partial charge is 0.0612 e. The molecular formula is C8H16O. The molecule has 0 saturated heterocycles. The maximum atomic E-state index is 8.38. The molecule has 0 heterocycles. The van der Waals surface area contributed by atoms with Gasteiger partial charge in [0.1, 0.15) is 0 Å². The van der Waals surface area contributed by atoms with Gasteiger partial charge in [-0.3, -0.25) is 0 Å². The van der Waals surface area contributed by atoms with Crippen molar-refractivity contribution in [2.45, 2.75) is 27.2 Å². The van der Waals surface area contributed by atoms with E-state index in [-0.39, 0.29) is 6.61 Å². The molecule has 0 aromatic rings. The van der Waals surface area contributed by atoms with Gasteiger partial charge in [-0.05, 0) is 11.8 Å². The topological polar surface area (TPSA) is 20.2 Å². The summed E-state index contributed by atoms with van der Waals surface area (Å²) in [7, 11) is 0. The average molecular weight is 128 g/mol. The second-order valence-electron chi connectivity index (χ2n) is 3.42. The van der Waals surface area contributed by atoms with Gasteiger partial charge in [-0.25, -0.2) is 0 Å². The van der Waals surface area contributed by atoms with Gasteiger partial charge in [0, 0.05) is 0 Å². The molecule has 0 rings (SSSR count). The fraction of sp³-hybridized carbons (Fsp3) is 0.750. The van der Waals surface area contributed by atoms with Crippen LogP contribution in [0.25, 0.3) is 0 Å². The van der Waals surface area contributed by atoms with Gasteiger partial charge in [-0.2, -0.15) is 0 Å². The van der Waals surface area contributed by atoms with Crippen molar-refractivity contribution >= 4 is 0 Å². The van der Waals surface area contributed by atoms with Gasteiger partial charge in [0.05, 0.1) is 6.61 Å². The molecule has 0 bridgehead atoms. The third-order valence-corrected chi connectivity index (χ3v) is 1.00. The molecule has 0 fully saturated rings. The molecule has 0 saturated carbocycles. The Balaban J connectivity index is 3.38. The molecule has 9 heavy (non-hydrogen) atoms. The first kappa shape index (κ1) is 8.70. The molecule has 0 aliphatic heterocycles. The second kappa shape index (κ2) is 3.67. The summed E-state index contributed by atoms with van der Waals surface area (Å²) < 4.78 is 0. The van der Waals surface area contributed by atoms with Crippen LogP contribution in [0.4, 0.5) is 0 Å². The average Bonchev–Trinajstić information content (AvgIpc) is 1.63. The minimum absolute atomic E-state index is 0.163. The first-order valence-electron chi connectivity index (χ1n) is 3.32. The zero-order valence-corrected chi connectivity index (χ0v) is 6.52. The summed E-state index contributed by atoms with van der Waals surface area (Å²) in [6.45, 7) is 6.69. The lowest BCUT2D eigenvalue weighted by atomic mass is 9.92. The zero-order chi connectivity index (χ0) is 7.33. The SMILES string of the molecule is CC(C)(C)CC=CCO. The predicted molar refractivity (Wildman–Crippen MR) is 40.3 cm³/mol. The molecule has 1 heteroatoms. The molecule has 0 aromatic carbocycles. The summed E-state index contributed by atoms with van der Waals surface area (Å²) in [5, 5.41) is 8.38. The Morgan fingerprint density at radius 2 is 1.78 bits per heavy atom. The highest BCUT2D eigenvalue weighted by molar-refractivity contribution is 4.84. The summed E-state index contributed by atoms with van der Waals surface area (Å²) in [5.74, 6) is 0. The first-order valence-corrected chi connectivity index (χ1v) is 3.32. The lowest BCUT2D eigenvalue weighted by Crippen LogP contribution is -2.01. The summed E-state index contributed by atoms with van der Waals surface area (Å²) in [6.07, 6.45) is 4.83. The molecule has 0 aromatic heterocycles. The van der Waals surface area contributed by atoms with Crippen molar-refractivity contribution in [2.75, 3.05) is 6.61 Å². The summed E-state index contributed by atoms with van der Waals surface area (Å²) in [4.78, 5) is 0. The van der Waals surface area contributed by atoms with Gasteiger partial charge in [-0.15, -0.1) is 0 Å². The van der Waals surface area contributed by atoms with Crippen molar-refractivity contribution in [3.05, 3.63) is 12.2 Å². The van der Waals surface area contributed by atoms with E-state index in [1.54, 1.807) is 6.08 Å². The molecule has 0 aliphatic carbocycles. The Kier molecular flexibility index (Phi) is 3.55. The van der Waals surface area contributed by atoms with Gasteiger partial charge in [-0.1, -0.05) is 32.9 Å². The van der Waals surface area contributed by atoms with E-state index in [0.29, 0.717) is 5.41 Å². The number of hydrogen-bond acceptors (Lipinski definition) is 1. The molecule has 0 unspecified atom stereocenters. The summed E-state index contributed by atoms with van der Waals surface area (Å²) in [6, 6.07) is 0. The van der Waals surface area contributed by atoms with Crippen LogP contribution in [-0.2, 0) is 0 Å². The Bertz CT molecular complexity index is 87.2. The molecule has 0 spiro atoms. The van der Waals surface area contributed by atoms with Gasteiger partial charge >= 0.3 is 0 Å². The number of aliphatic hydroxyl groups excluding tert-OH is 1. The molecule has 0 radical (unpaired) electrons. The maximum absolute atomic E-state index is 8.38. The van der Waals surface area contributed by atoms with E-state index in [2.05, 4.69) is 20.8 Å². The molecular weight excluding hydrogens is 112 g/mol. The molecule has 0 amide bonds. The van der Waals surface area contributed by atoms with Crippen molar-refractivity contribution in [3.8, 4) is 0 Å². The normalized spacial score (nSPS) is 12.9. The monoisotopic (exact) mass is 128 g/mol. The van der Waals surface area contributed by atoms with Crippen molar-refractivity contribution in [2.24, 2.45) is 5.41 Å². The summed E-state index contributed by atoms with van der Waals surface area (Å²) >= 11 is 0. The van der Waals surface area contributed by atoms with Gasteiger partial charge < -0.3 is 5.11 Å². The van der Waals surface area contributed by atoms with Crippen molar-refractivity contribution in [3.63, 3.8) is 0 Å². The van der Waals surface area contributed by atoms with Crippen LogP contribution in [0, 0.1) is 5.41 Å². The van der Waals surface area contributed by atoms with Crippen LogP contribution >= 0.6 is 0 Å². The highest BCUT2D eigenvalue weighted by Crippen LogP contribution is 2.18. The van der Waals surface area contributed by atoms with Gasteiger partial charge in [0.2, 0.25) is 0 Å². The van der Waals surface area contributed by atoms with Crippen molar-refractivity contribution in [1.29, 1.82) is 0 Å². The standard InChI is InChI=1S/C8H16O/c1-8(2,3)6-4-5-7-9/h4-5,9H,6-7H2,1-3H3. The predicted octanol–water partition coefficient (Wildman–Crippen LogP) is 1.97. The van der Waals surface area contributed by atoms with E-state index >= 15 is 0 Å².